The van der Waals surface area contributed by atoms with Gasteiger partial charge in [0.05, 0.1) is 0 Å². The van der Waals surface area contributed by atoms with Crippen molar-refractivity contribution in [3.05, 3.63) is 34.3 Å². The number of hydrogen-bond acceptors (Lipinski definition) is 2. The predicted molar refractivity (Wildman–Crippen MR) is 82.8 cm³/mol. The Hall–Kier alpha value is -1.06. The summed E-state index contributed by atoms with van der Waals surface area (Å²) in [6.45, 7) is 4.12. The molecule has 110 valence electrons. The minimum Gasteiger partial charge on any atom is -0.366 e. The second-order valence-electron chi connectivity index (χ2n) is 5.93. The molecule has 2 rings (SSSR count). The van der Waals surface area contributed by atoms with Crippen LogP contribution in [0.2, 0.25) is 5.02 Å². The topological polar surface area (TPSA) is 55.1 Å². The van der Waals surface area contributed by atoms with E-state index >= 15 is 0 Å². The Labute approximate surface area is 125 Å². The molecule has 0 unspecified atom stereocenters. The highest BCUT2D eigenvalue weighted by Gasteiger charge is 2.17. The zero-order valence-corrected chi connectivity index (χ0v) is 12.7. The molecular formula is C16H23ClN2O. The summed E-state index contributed by atoms with van der Waals surface area (Å²) in [7, 11) is 0. The summed E-state index contributed by atoms with van der Waals surface area (Å²) >= 11 is 6.17. The maximum atomic E-state index is 11.1. The molecule has 1 aliphatic rings. The van der Waals surface area contributed by atoms with E-state index in [2.05, 4.69) is 12.2 Å². The lowest BCUT2D eigenvalue weighted by Crippen LogP contribution is -2.25. The van der Waals surface area contributed by atoms with Crippen molar-refractivity contribution in [2.24, 2.45) is 17.6 Å². The molecule has 1 aliphatic carbocycles. The Bertz CT molecular complexity index is 468. The zero-order chi connectivity index (χ0) is 14.5. The van der Waals surface area contributed by atoms with Crippen LogP contribution in [-0.2, 0) is 6.54 Å². The number of carbonyl (C=O) groups is 1. The maximum Gasteiger partial charge on any atom is 0.248 e. The van der Waals surface area contributed by atoms with E-state index in [9.17, 15) is 4.79 Å². The molecule has 1 amide bonds. The summed E-state index contributed by atoms with van der Waals surface area (Å²) in [6, 6.07) is 5.25. The van der Waals surface area contributed by atoms with Crippen LogP contribution in [0, 0.1) is 11.8 Å². The van der Waals surface area contributed by atoms with Gasteiger partial charge in [-0.25, -0.2) is 0 Å². The molecule has 0 radical (unpaired) electrons. The Morgan fingerprint density at radius 1 is 1.35 bits per heavy atom. The quantitative estimate of drug-likeness (QED) is 0.875. The lowest BCUT2D eigenvalue weighted by Gasteiger charge is -2.26. The van der Waals surface area contributed by atoms with Crippen LogP contribution in [0.15, 0.2) is 18.2 Å². The average molecular weight is 295 g/mol. The van der Waals surface area contributed by atoms with Gasteiger partial charge >= 0.3 is 0 Å². The van der Waals surface area contributed by atoms with Crippen LogP contribution in [0.25, 0.3) is 0 Å². The first-order valence-corrected chi connectivity index (χ1v) is 7.73. The molecule has 1 aromatic rings. The highest BCUT2D eigenvalue weighted by atomic mass is 35.5. The molecule has 1 aromatic carbocycles. The maximum absolute atomic E-state index is 11.1. The molecule has 0 aromatic heterocycles. The normalized spacial score (nSPS) is 22.7. The predicted octanol–water partition coefficient (Wildman–Crippen LogP) is 3.35. The van der Waals surface area contributed by atoms with Gasteiger partial charge in [-0.15, -0.1) is 0 Å². The number of nitrogens with two attached hydrogens (primary N) is 1. The Morgan fingerprint density at radius 2 is 2.05 bits per heavy atom. The monoisotopic (exact) mass is 294 g/mol. The molecule has 20 heavy (non-hydrogen) atoms. The molecule has 3 nitrogen and oxygen atoms in total. The standard InChI is InChI=1S/C16H23ClN2O/c1-11-2-4-12(5-3-11)9-19-10-14-7-6-13(16(18)20)8-15(14)17/h6-8,11-12,19H,2-5,9-10H2,1H3,(H2,18,20). The van der Waals surface area contributed by atoms with E-state index in [-0.39, 0.29) is 0 Å². The summed E-state index contributed by atoms with van der Waals surface area (Å²) < 4.78 is 0. The molecule has 4 heteroatoms. The lowest BCUT2D eigenvalue weighted by atomic mass is 9.83. The smallest absolute Gasteiger partial charge is 0.248 e. The second-order valence-corrected chi connectivity index (χ2v) is 6.33. The number of benzene rings is 1. The highest BCUT2D eigenvalue weighted by molar-refractivity contribution is 6.31. The van der Waals surface area contributed by atoms with Gasteiger partial charge in [-0.1, -0.05) is 37.4 Å². The summed E-state index contributed by atoms with van der Waals surface area (Å²) in [5.41, 5.74) is 6.70. The van der Waals surface area contributed by atoms with Gasteiger partial charge in [-0.3, -0.25) is 4.79 Å². The largest absolute Gasteiger partial charge is 0.366 e. The molecule has 0 atom stereocenters. The van der Waals surface area contributed by atoms with Gasteiger partial charge < -0.3 is 11.1 Å². The van der Waals surface area contributed by atoms with Crippen LogP contribution >= 0.6 is 11.6 Å². The number of carbonyl (C=O) groups excluding carboxylic acids is 1. The van der Waals surface area contributed by atoms with Gasteiger partial charge in [-0.05, 0) is 48.9 Å². The van der Waals surface area contributed by atoms with Crippen molar-refractivity contribution in [1.29, 1.82) is 0 Å². The van der Waals surface area contributed by atoms with Crippen LogP contribution < -0.4 is 11.1 Å². The van der Waals surface area contributed by atoms with E-state index in [1.807, 2.05) is 6.07 Å². The SMILES string of the molecule is CC1CCC(CNCc2ccc(C(N)=O)cc2Cl)CC1. The van der Waals surface area contributed by atoms with Crippen molar-refractivity contribution in [1.82, 2.24) is 5.32 Å². The van der Waals surface area contributed by atoms with E-state index in [0.717, 1.165) is 30.5 Å². The highest BCUT2D eigenvalue weighted by Crippen LogP contribution is 2.27. The number of nitrogens with one attached hydrogen (secondary N) is 1. The fourth-order valence-electron chi connectivity index (χ4n) is 2.79. The van der Waals surface area contributed by atoms with Crippen molar-refractivity contribution in [3.8, 4) is 0 Å². The molecule has 0 saturated heterocycles. The third kappa shape index (κ3) is 4.22. The van der Waals surface area contributed by atoms with E-state index < -0.39 is 5.91 Å². The number of hydrogen-bond donors (Lipinski definition) is 2. The molecule has 0 aliphatic heterocycles. The van der Waals surface area contributed by atoms with E-state index in [1.165, 1.54) is 25.7 Å². The number of amides is 1. The average Bonchev–Trinajstić information content (AvgIpc) is 2.42. The van der Waals surface area contributed by atoms with Crippen molar-refractivity contribution >= 4 is 17.5 Å². The molecule has 1 fully saturated rings. The van der Waals surface area contributed by atoms with Crippen molar-refractivity contribution in [2.75, 3.05) is 6.54 Å². The fourth-order valence-corrected chi connectivity index (χ4v) is 3.04. The third-order valence-electron chi connectivity index (χ3n) is 4.22. The number of primary amides is 1. The van der Waals surface area contributed by atoms with Crippen molar-refractivity contribution < 1.29 is 4.79 Å². The second kappa shape index (κ2) is 7.09. The molecule has 3 N–H and O–H groups in total. The van der Waals surface area contributed by atoms with Gasteiger partial charge in [0, 0.05) is 17.1 Å². The zero-order valence-electron chi connectivity index (χ0n) is 12.0. The summed E-state index contributed by atoms with van der Waals surface area (Å²) in [5, 5.41) is 4.08. The molecule has 0 heterocycles. The minimum atomic E-state index is -0.442. The first-order chi connectivity index (χ1) is 9.56. The van der Waals surface area contributed by atoms with E-state index in [4.69, 9.17) is 17.3 Å². The van der Waals surface area contributed by atoms with Crippen LogP contribution in [0.5, 0.6) is 0 Å². The summed E-state index contributed by atoms with van der Waals surface area (Å²) in [5.74, 6) is 1.24. The van der Waals surface area contributed by atoms with Crippen LogP contribution in [0.1, 0.15) is 48.5 Å². The van der Waals surface area contributed by atoms with Crippen LogP contribution in [0.4, 0.5) is 0 Å². The van der Waals surface area contributed by atoms with Gasteiger partial charge in [-0.2, -0.15) is 0 Å². The van der Waals surface area contributed by atoms with E-state index in [1.54, 1.807) is 12.1 Å². The Morgan fingerprint density at radius 3 is 2.65 bits per heavy atom. The van der Waals surface area contributed by atoms with Gasteiger partial charge in [0.2, 0.25) is 5.91 Å². The van der Waals surface area contributed by atoms with Crippen LogP contribution in [0.3, 0.4) is 0 Å². The lowest BCUT2D eigenvalue weighted by molar-refractivity contribution is 0.100. The number of rotatable bonds is 5. The summed E-state index contributed by atoms with van der Waals surface area (Å²) in [4.78, 5) is 11.1. The molecular weight excluding hydrogens is 272 g/mol. The van der Waals surface area contributed by atoms with Gasteiger partial charge in [0.25, 0.3) is 0 Å². The third-order valence-corrected chi connectivity index (χ3v) is 4.57. The molecule has 0 spiro atoms. The minimum absolute atomic E-state index is 0.442. The first-order valence-electron chi connectivity index (χ1n) is 7.35. The van der Waals surface area contributed by atoms with Gasteiger partial charge in [0.15, 0.2) is 0 Å². The summed E-state index contributed by atoms with van der Waals surface area (Å²) in [6.07, 6.45) is 5.34. The number of halogens is 1. The molecule has 1 saturated carbocycles. The van der Waals surface area contributed by atoms with Crippen LogP contribution in [-0.4, -0.2) is 12.5 Å². The first kappa shape index (κ1) is 15.3. The van der Waals surface area contributed by atoms with Crippen molar-refractivity contribution in [2.45, 2.75) is 39.2 Å². The fraction of sp³-hybridized carbons (Fsp3) is 0.562. The van der Waals surface area contributed by atoms with Gasteiger partial charge in [0.1, 0.15) is 0 Å². The van der Waals surface area contributed by atoms with Crippen molar-refractivity contribution in [3.63, 3.8) is 0 Å². The Balaban J connectivity index is 1.81. The Kier molecular flexibility index (Phi) is 5.44. The molecule has 0 bridgehead atoms. The van der Waals surface area contributed by atoms with E-state index in [0.29, 0.717) is 10.6 Å².